The number of rotatable bonds is 8. The van der Waals surface area contributed by atoms with Crippen LogP contribution in [0.4, 0.5) is 0 Å². The number of hydrogen-bond acceptors (Lipinski definition) is 8. The number of ether oxygens (including phenoxy) is 1. The van der Waals surface area contributed by atoms with Gasteiger partial charge in [-0.2, -0.15) is 5.26 Å². The number of ketones is 1. The zero-order chi connectivity index (χ0) is 23.4. The first-order chi connectivity index (χ1) is 16.0. The summed E-state index contributed by atoms with van der Waals surface area (Å²) in [6, 6.07) is 16.9. The van der Waals surface area contributed by atoms with E-state index in [4.69, 9.17) is 16.3 Å². The van der Waals surface area contributed by atoms with Crippen LogP contribution < -0.4 is 4.74 Å². The molecule has 2 aromatic carbocycles. The Balaban J connectivity index is 1.66. The van der Waals surface area contributed by atoms with Gasteiger partial charge in [-0.1, -0.05) is 35.5 Å². The molecule has 2 aromatic heterocycles. The number of thiazole rings is 1. The van der Waals surface area contributed by atoms with Crippen molar-refractivity contribution in [3.8, 4) is 28.9 Å². The fraction of sp³-hybridized carbons (Fsp3) is 0.174. The van der Waals surface area contributed by atoms with Gasteiger partial charge < -0.3 is 4.74 Å². The lowest BCUT2D eigenvalue weighted by Gasteiger charge is -2.11. The number of nitriles is 1. The molecule has 0 aliphatic heterocycles. The van der Waals surface area contributed by atoms with Crippen LogP contribution in [0.2, 0.25) is 5.02 Å². The predicted molar refractivity (Wildman–Crippen MR) is 129 cm³/mol. The highest BCUT2D eigenvalue weighted by Gasteiger charge is 2.25. The van der Waals surface area contributed by atoms with Gasteiger partial charge in [-0.05, 0) is 43.3 Å². The molecule has 10 heteroatoms. The first-order valence-corrected chi connectivity index (χ1v) is 12.1. The fourth-order valence-electron chi connectivity index (χ4n) is 3.12. The number of halogens is 1. The van der Waals surface area contributed by atoms with Crippen molar-refractivity contribution in [3.63, 3.8) is 0 Å². The number of thioether (sulfide) groups is 1. The van der Waals surface area contributed by atoms with Gasteiger partial charge in [-0.15, -0.1) is 21.5 Å². The molecule has 0 radical (unpaired) electrons. The van der Waals surface area contributed by atoms with Gasteiger partial charge in [0.15, 0.2) is 22.7 Å². The van der Waals surface area contributed by atoms with E-state index < -0.39 is 5.92 Å². The molecule has 1 unspecified atom stereocenters. The van der Waals surface area contributed by atoms with Gasteiger partial charge in [-0.25, -0.2) is 4.98 Å². The summed E-state index contributed by atoms with van der Waals surface area (Å²) >= 11 is 8.62. The van der Waals surface area contributed by atoms with Crippen LogP contribution in [0.25, 0.3) is 17.1 Å². The maximum Gasteiger partial charge on any atom is 0.196 e. The van der Waals surface area contributed by atoms with E-state index in [1.165, 1.54) is 23.1 Å². The van der Waals surface area contributed by atoms with Crippen molar-refractivity contribution in [2.45, 2.75) is 18.0 Å². The number of aryl methyl sites for hydroxylation is 1. The summed E-state index contributed by atoms with van der Waals surface area (Å²) in [7, 11) is 1.60. The Morgan fingerprint density at radius 2 is 2.06 bits per heavy atom. The van der Waals surface area contributed by atoms with Crippen molar-refractivity contribution >= 4 is 40.5 Å². The summed E-state index contributed by atoms with van der Waals surface area (Å²) in [5, 5.41) is 21.7. The molecular formula is C23H18ClN5O2S2. The number of aromatic nitrogens is 4. The molecule has 0 aliphatic rings. The molecular weight excluding hydrogens is 478 g/mol. The third kappa shape index (κ3) is 5.09. The van der Waals surface area contributed by atoms with Crippen LogP contribution >= 0.6 is 34.7 Å². The molecule has 0 fully saturated rings. The number of nitrogens with zero attached hydrogens (tertiary/aromatic N) is 5. The van der Waals surface area contributed by atoms with Gasteiger partial charge in [0.2, 0.25) is 0 Å². The van der Waals surface area contributed by atoms with E-state index in [1.54, 1.807) is 19.2 Å². The Morgan fingerprint density at radius 1 is 1.27 bits per heavy atom. The zero-order valence-electron chi connectivity index (χ0n) is 17.7. The predicted octanol–water partition coefficient (Wildman–Crippen LogP) is 5.33. The van der Waals surface area contributed by atoms with Gasteiger partial charge in [-0.3, -0.25) is 9.36 Å². The van der Waals surface area contributed by atoms with E-state index in [1.807, 2.05) is 53.3 Å². The Bertz CT molecular complexity index is 1330. The molecule has 7 nitrogen and oxygen atoms in total. The highest BCUT2D eigenvalue weighted by atomic mass is 35.5. The molecule has 0 N–H and O–H groups in total. The van der Waals surface area contributed by atoms with Crippen LogP contribution in [0, 0.1) is 18.3 Å². The molecule has 0 spiro atoms. The van der Waals surface area contributed by atoms with Crippen LogP contribution in [0.1, 0.15) is 16.6 Å². The van der Waals surface area contributed by atoms with Crippen molar-refractivity contribution in [1.82, 2.24) is 19.7 Å². The molecule has 166 valence electrons. The molecule has 0 aliphatic carbocycles. The van der Waals surface area contributed by atoms with E-state index >= 15 is 0 Å². The summed E-state index contributed by atoms with van der Waals surface area (Å²) in [5.41, 5.74) is 2.40. The fourth-order valence-corrected chi connectivity index (χ4v) is 4.97. The van der Waals surface area contributed by atoms with E-state index in [9.17, 15) is 10.1 Å². The number of hydrogen-bond donors (Lipinski definition) is 0. The molecule has 0 saturated carbocycles. The van der Waals surface area contributed by atoms with E-state index in [2.05, 4.69) is 21.3 Å². The highest BCUT2D eigenvalue weighted by Crippen LogP contribution is 2.31. The normalized spacial score (nSPS) is 11.7. The van der Waals surface area contributed by atoms with E-state index in [-0.39, 0.29) is 11.5 Å². The lowest BCUT2D eigenvalue weighted by Crippen LogP contribution is -2.13. The third-order valence-electron chi connectivity index (χ3n) is 4.72. The zero-order valence-corrected chi connectivity index (χ0v) is 20.1. The third-order valence-corrected chi connectivity index (χ3v) is 6.96. The maximum absolute atomic E-state index is 12.8. The molecule has 4 aromatic rings. The minimum atomic E-state index is -0.902. The Kier molecular flexibility index (Phi) is 7.08. The smallest absolute Gasteiger partial charge is 0.196 e. The monoisotopic (exact) mass is 495 g/mol. The molecule has 0 bridgehead atoms. The minimum Gasteiger partial charge on any atom is -0.497 e. The molecule has 0 amide bonds. The molecule has 0 saturated heterocycles. The second kappa shape index (κ2) is 10.2. The van der Waals surface area contributed by atoms with Crippen molar-refractivity contribution in [1.29, 1.82) is 5.26 Å². The van der Waals surface area contributed by atoms with E-state index in [0.717, 1.165) is 16.9 Å². The Hall–Kier alpha value is -3.19. The Labute approximate surface area is 204 Å². The SMILES string of the molecule is COc1cccc(-c2nnc(SCC(=O)C(C#N)c3nc(C)cs3)n2-c2ccc(Cl)cc2)c1. The second-order valence-corrected chi connectivity index (χ2v) is 9.26. The van der Waals surface area contributed by atoms with Crippen LogP contribution in [-0.4, -0.2) is 38.4 Å². The van der Waals surface area contributed by atoms with Crippen LogP contribution in [-0.2, 0) is 4.79 Å². The number of methoxy groups -OCH3 is 1. The lowest BCUT2D eigenvalue weighted by atomic mass is 10.1. The quantitative estimate of drug-likeness (QED) is 0.305. The van der Waals surface area contributed by atoms with Crippen LogP contribution in [0.3, 0.4) is 0 Å². The first kappa shape index (κ1) is 23.0. The largest absolute Gasteiger partial charge is 0.497 e. The number of carbonyl (C=O) groups is 1. The van der Waals surface area contributed by atoms with Crippen LogP contribution in [0.5, 0.6) is 5.75 Å². The van der Waals surface area contributed by atoms with Gasteiger partial charge in [0.25, 0.3) is 0 Å². The summed E-state index contributed by atoms with van der Waals surface area (Å²) in [6.45, 7) is 1.84. The average Bonchev–Trinajstić information content (AvgIpc) is 3.45. The number of Topliss-reactive ketones (excluding diaryl/α,β-unsaturated/α-hetero) is 1. The number of carbonyl (C=O) groups excluding carboxylic acids is 1. The molecule has 2 heterocycles. The summed E-state index contributed by atoms with van der Waals surface area (Å²) in [5.74, 6) is 0.212. The number of benzene rings is 2. The van der Waals surface area contributed by atoms with Gasteiger partial charge >= 0.3 is 0 Å². The van der Waals surface area contributed by atoms with E-state index in [0.29, 0.717) is 26.8 Å². The van der Waals surface area contributed by atoms with Gasteiger partial charge in [0.1, 0.15) is 10.8 Å². The maximum atomic E-state index is 12.8. The summed E-state index contributed by atoms with van der Waals surface area (Å²) < 4.78 is 7.20. The molecule has 4 rings (SSSR count). The van der Waals surface area contributed by atoms with Crippen molar-refractivity contribution in [3.05, 3.63) is 69.6 Å². The van der Waals surface area contributed by atoms with Gasteiger partial charge in [0, 0.05) is 27.3 Å². The molecule has 33 heavy (non-hydrogen) atoms. The average molecular weight is 496 g/mol. The van der Waals surface area contributed by atoms with Crippen molar-refractivity contribution < 1.29 is 9.53 Å². The standard InChI is InChI=1S/C23H18ClN5O2S2/c1-14-12-32-22(26-14)19(11-25)20(30)13-33-23-28-27-21(15-4-3-5-18(10-15)31-2)29(23)17-8-6-16(24)7-9-17/h3-10,12,19H,13H2,1-2H3. The topological polar surface area (TPSA) is 93.7 Å². The van der Waals surface area contributed by atoms with Gasteiger partial charge in [0.05, 0.1) is 18.9 Å². The van der Waals surface area contributed by atoms with Crippen molar-refractivity contribution in [2.24, 2.45) is 0 Å². The van der Waals surface area contributed by atoms with Crippen molar-refractivity contribution in [2.75, 3.05) is 12.9 Å². The second-order valence-electron chi connectivity index (χ2n) is 6.99. The first-order valence-electron chi connectivity index (χ1n) is 9.83. The lowest BCUT2D eigenvalue weighted by molar-refractivity contribution is -0.116. The minimum absolute atomic E-state index is 0.0562. The summed E-state index contributed by atoms with van der Waals surface area (Å²) in [6.07, 6.45) is 0. The molecule has 1 atom stereocenters. The van der Waals surface area contributed by atoms with Crippen LogP contribution in [0.15, 0.2) is 59.1 Å². The Morgan fingerprint density at radius 3 is 2.73 bits per heavy atom. The summed E-state index contributed by atoms with van der Waals surface area (Å²) in [4.78, 5) is 17.1. The highest BCUT2D eigenvalue weighted by molar-refractivity contribution is 7.99.